The van der Waals surface area contributed by atoms with Crippen LogP contribution in [0, 0.1) is 0 Å². The van der Waals surface area contributed by atoms with E-state index in [1.54, 1.807) is 6.20 Å². The number of aromatic nitrogens is 2. The standard InChI is InChI=1S/C8H11ClN4/c1-11-4-2-3-6-5-12-8(9)13-7(6)10/h2-3,5,11H,4H2,1H3,(H2,10,12,13). The summed E-state index contributed by atoms with van der Waals surface area (Å²) in [6, 6.07) is 0. The molecule has 1 heterocycles. The molecular formula is C8H11ClN4. The summed E-state index contributed by atoms with van der Waals surface area (Å²) in [5.74, 6) is 0.396. The molecule has 0 aromatic carbocycles. The van der Waals surface area contributed by atoms with Crippen molar-refractivity contribution in [2.45, 2.75) is 0 Å². The minimum absolute atomic E-state index is 0.170. The normalized spacial score (nSPS) is 10.9. The van der Waals surface area contributed by atoms with Gasteiger partial charge in [-0.05, 0) is 18.6 Å². The van der Waals surface area contributed by atoms with Gasteiger partial charge in [0, 0.05) is 18.3 Å². The van der Waals surface area contributed by atoms with Gasteiger partial charge >= 0.3 is 0 Å². The molecule has 3 N–H and O–H groups in total. The van der Waals surface area contributed by atoms with Crippen LogP contribution in [-0.2, 0) is 0 Å². The van der Waals surface area contributed by atoms with Crippen LogP contribution in [-0.4, -0.2) is 23.6 Å². The highest BCUT2D eigenvalue weighted by Crippen LogP contribution is 2.11. The first kappa shape index (κ1) is 9.95. The Bertz CT molecular complexity index is 311. The maximum Gasteiger partial charge on any atom is 0.224 e. The number of nitrogens with one attached hydrogen (secondary N) is 1. The Hall–Kier alpha value is -1.13. The second kappa shape index (κ2) is 4.79. The third-order valence-electron chi connectivity index (χ3n) is 1.44. The number of rotatable bonds is 3. The molecule has 0 unspecified atom stereocenters. The van der Waals surface area contributed by atoms with Crippen LogP contribution in [0.2, 0.25) is 5.28 Å². The zero-order chi connectivity index (χ0) is 9.68. The molecule has 1 aromatic rings. The largest absolute Gasteiger partial charge is 0.383 e. The van der Waals surface area contributed by atoms with Crippen LogP contribution in [0.3, 0.4) is 0 Å². The van der Waals surface area contributed by atoms with Gasteiger partial charge in [-0.2, -0.15) is 0 Å². The Labute approximate surface area is 81.8 Å². The van der Waals surface area contributed by atoms with E-state index in [9.17, 15) is 0 Å². The number of hydrogen-bond donors (Lipinski definition) is 2. The number of nitrogens with zero attached hydrogens (tertiary/aromatic N) is 2. The van der Waals surface area contributed by atoms with Crippen molar-refractivity contribution >= 4 is 23.5 Å². The van der Waals surface area contributed by atoms with Gasteiger partial charge in [0.1, 0.15) is 5.82 Å². The Morgan fingerprint density at radius 3 is 3.08 bits per heavy atom. The molecule has 0 atom stereocenters. The van der Waals surface area contributed by atoms with Gasteiger partial charge in [0.15, 0.2) is 0 Å². The van der Waals surface area contributed by atoms with Crippen molar-refractivity contribution in [3.05, 3.63) is 23.1 Å². The van der Waals surface area contributed by atoms with Gasteiger partial charge in [-0.25, -0.2) is 9.97 Å². The van der Waals surface area contributed by atoms with Crippen LogP contribution in [0.25, 0.3) is 6.08 Å². The number of hydrogen-bond acceptors (Lipinski definition) is 4. The van der Waals surface area contributed by atoms with Gasteiger partial charge < -0.3 is 11.1 Å². The summed E-state index contributed by atoms with van der Waals surface area (Å²) in [5, 5.41) is 3.14. The highest BCUT2D eigenvalue weighted by atomic mass is 35.5. The van der Waals surface area contributed by atoms with Gasteiger partial charge in [-0.15, -0.1) is 0 Å². The Kier molecular flexibility index (Phi) is 3.67. The number of nitrogens with two attached hydrogens (primary N) is 1. The monoisotopic (exact) mass is 198 g/mol. The third-order valence-corrected chi connectivity index (χ3v) is 1.62. The first-order valence-electron chi connectivity index (χ1n) is 3.83. The molecule has 1 rings (SSSR count). The molecule has 0 aliphatic carbocycles. The SMILES string of the molecule is CNCC=Cc1cnc(Cl)nc1N. The number of nitrogen functional groups attached to an aromatic ring is 1. The molecular weight excluding hydrogens is 188 g/mol. The molecule has 0 radical (unpaired) electrons. The van der Waals surface area contributed by atoms with Gasteiger partial charge in [0.25, 0.3) is 0 Å². The van der Waals surface area contributed by atoms with Crippen LogP contribution in [0.4, 0.5) is 5.82 Å². The van der Waals surface area contributed by atoms with Crippen molar-refractivity contribution in [2.75, 3.05) is 19.3 Å². The van der Waals surface area contributed by atoms with E-state index in [1.165, 1.54) is 0 Å². The molecule has 0 saturated carbocycles. The number of halogens is 1. The van der Waals surface area contributed by atoms with E-state index < -0.39 is 0 Å². The summed E-state index contributed by atoms with van der Waals surface area (Å²) >= 11 is 5.54. The van der Waals surface area contributed by atoms with Crippen molar-refractivity contribution in [1.82, 2.24) is 15.3 Å². The lowest BCUT2D eigenvalue weighted by molar-refractivity contribution is 0.922. The predicted molar refractivity (Wildman–Crippen MR) is 54.4 cm³/mol. The molecule has 0 saturated heterocycles. The molecule has 5 heteroatoms. The summed E-state index contributed by atoms with van der Waals surface area (Å²) < 4.78 is 0. The third kappa shape index (κ3) is 3.01. The first-order valence-corrected chi connectivity index (χ1v) is 4.21. The fourth-order valence-electron chi connectivity index (χ4n) is 0.814. The summed E-state index contributed by atoms with van der Waals surface area (Å²) in [6.07, 6.45) is 5.38. The summed E-state index contributed by atoms with van der Waals surface area (Å²) in [6.45, 7) is 0.780. The van der Waals surface area contributed by atoms with Gasteiger partial charge in [-0.1, -0.05) is 12.2 Å². The van der Waals surface area contributed by atoms with Crippen molar-refractivity contribution in [3.8, 4) is 0 Å². The van der Waals surface area contributed by atoms with E-state index in [0.717, 1.165) is 12.1 Å². The maximum absolute atomic E-state index is 5.60. The average Bonchev–Trinajstić information content (AvgIpc) is 2.09. The lowest BCUT2D eigenvalue weighted by Crippen LogP contribution is -2.04. The van der Waals surface area contributed by atoms with Crippen LogP contribution < -0.4 is 11.1 Å². The van der Waals surface area contributed by atoms with Crippen LogP contribution in [0.1, 0.15) is 5.56 Å². The maximum atomic E-state index is 5.60. The quantitative estimate of drug-likeness (QED) is 0.710. The topological polar surface area (TPSA) is 63.8 Å². The van der Waals surface area contributed by atoms with Crippen molar-refractivity contribution in [3.63, 3.8) is 0 Å². The van der Waals surface area contributed by atoms with E-state index in [-0.39, 0.29) is 5.28 Å². The molecule has 0 amide bonds. The van der Waals surface area contributed by atoms with E-state index in [4.69, 9.17) is 17.3 Å². The minimum Gasteiger partial charge on any atom is -0.383 e. The highest BCUT2D eigenvalue weighted by molar-refractivity contribution is 6.28. The molecule has 1 aromatic heterocycles. The zero-order valence-corrected chi connectivity index (χ0v) is 8.04. The van der Waals surface area contributed by atoms with Crippen molar-refractivity contribution < 1.29 is 0 Å². The van der Waals surface area contributed by atoms with Crippen LogP contribution in [0.15, 0.2) is 12.3 Å². The van der Waals surface area contributed by atoms with Gasteiger partial charge in [0.05, 0.1) is 0 Å². The fourth-order valence-corrected chi connectivity index (χ4v) is 0.954. The molecule has 4 nitrogen and oxygen atoms in total. The van der Waals surface area contributed by atoms with E-state index in [0.29, 0.717) is 5.82 Å². The van der Waals surface area contributed by atoms with E-state index in [2.05, 4.69) is 15.3 Å². The summed E-state index contributed by atoms with van der Waals surface area (Å²) in [7, 11) is 1.87. The molecule has 0 spiro atoms. The minimum atomic E-state index is 0.170. The molecule has 0 bridgehead atoms. The predicted octanol–water partition coefficient (Wildman–Crippen LogP) is 0.945. The molecule has 0 fully saturated rings. The number of likely N-dealkylation sites (N-methyl/N-ethyl adjacent to an activating group) is 1. The second-order valence-corrected chi connectivity index (χ2v) is 2.78. The lowest BCUT2D eigenvalue weighted by Gasteiger charge is -1.98. The first-order chi connectivity index (χ1) is 6.24. The average molecular weight is 199 g/mol. The van der Waals surface area contributed by atoms with Crippen molar-refractivity contribution in [2.24, 2.45) is 0 Å². The Morgan fingerprint density at radius 2 is 2.46 bits per heavy atom. The van der Waals surface area contributed by atoms with Gasteiger partial charge in [-0.3, -0.25) is 0 Å². The highest BCUT2D eigenvalue weighted by Gasteiger charge is 1.97. The smallest absolute Gasteiger partial charge is 0.224 e. The van der Waals surface area contributed by atoms with Crippen LogP contribution >= 0.6 is 11.6 Å². The van der Waals surface area contributed by atoms with E-state index >= 15 is 0 Å². The molecule has 0 aliphatic heterocycles. The number of anilines is 1. The lowest BCUT2D eigenvalue weighted by atomic mass is 10.3. The van der Waals surface area contributed by atoms with Crippen LogP contribution in [0.5, 0.6) is 0 Å². The fraction of sp³-hybridized carbons (Fsp3) is 0.250. The summed E-state index contributed by atoms with van der Waals surface area (Å²) in [4.78, 5) is 7.63. The van der Waals surface area contributed by atoms with E-state index in [1.807, 2.05) is 19.2 Å². The zero-order valence-electron chi connectivity index (χ0n) is 7.29. The Balaban J connectivity index is 2.77. The summed E-state index contributed by atoms with van der Waals surface area (Å²) in [5.41, 5.74) is 6.37. The van der Waals surface area contributed by atoms with Gasteiger partial charge in [0.2, 0.25) is 5.28 Å². The molecule has 70 valence electrons. The van der Waals surface area contributed by atoms with Crippen molar-refractivity contribution in [1.29, 1.82) is 0 Å². The molecule has 0 aliphatic rings. The second-order valence-electron chi connectivity index (χ2n) is 2.44. The molecule has 13 heavy (non-hydrogen) atoms. The Morgan fingerprint density at radius 1 is 1.69 bits per heavy atom.